The molecule has 17 aromatic rings. The van der Waals surface area contributed by atoms with Gasteiger partial charge in [0, 0.05) is 77.0 Å². The molecular formula is C78H50N4. The van der Waals surface area contributed by atoms with Crippen LogP contribution in [0.3, 0.4) is 0 Å². The highest BCUT2D eigenvalue weighted by molar-refractivity contribution is 6.29. The fourth-order valence-electron chi connectivity index (χ4n) is 13.5. The van der Waals surface area contributed by atoms with E-state index in [0.717, 1.165) is 34.1 Å². The lowest BCUT2D eigenvalue weighted by Crippen LogP contribution is -2.11. The molecule has 0 saturated heterocycles. The molecule has 0 aliphatic heterocycles. The summed E-state index contributed by atoms with van der Waals surface area (Å²) in [6.45, 7) is 0. The van der Waals surface area contributed by atoms with Crippen LogP contribution < -0.4 is 9.80 Å². The van der Waals surface area contributed by atoms with Crippen LogP contribution in [0.25, 0.3) is 121 Å². The van der Waals surface area contributed by atoms with Crippen molar-refractivity contribution in [2.45, 2.75) is 0 Å². The molecule has 13 aromatic carbocycles. The maximum absolute atomic E-state index is 2.55. The summed E-state index contributed by atoms with van der Waals surface area (Å²) in [5.74, 6) is 0. The lowest BCUT2D eigenvalue weighted by molar-refractivity contribution is 1.28. The van der Waals surface area contributed by atoms with Crippen LogP contribution in [0.5, 0.6) is 0 Å². The maximum Gasteiger partial charge on any atom is 0.0620 e. The normalized spacial score (nSPS) is 11.9. The quantitative estimate of drug-likeness (QED) is 0.136. The van der Waals surface area contributed by atoms with Gasteiger partial charge in [-0.05, 0) is 118 Å². The SMILES string of the molecule is c1ccc(-c2ccc(N(c3ccccc3)c3ccc4c5cccc6c7cc8c(cc7n(c4c3)c56)c3cccc4c5ccc(N(c6ccccc6)c6ccc(-c7ccccc7)cc6-c6ccccc6)cc5n8c43)c(-c3ccccc3)c2)cc1. The summed E-state index contributed by atoms with van der Waals surface area (Å²) in [5, 5.41) is 9.97. The Morgan fingerprint density at radius 3 is 0.902 bits per heavy atom. The fourth-order valence-corrected chi connectivity index (χ4v) is 13.5. The number of rotatable bonds is 10. The summed E-state index contributed by atoms with van der Waals surface area (Å²) in [5.41, 5.74) is 23.3. The molecule has 4 heterocycles. The van der Waals surface area contributed by atoms with Gasteiger partial charge in [0.05, 0.1) is 44.5 Å². The van der Waals surface area contributed by atoms with E-state index in [1.165, 1.54) is 121 Å². The standard InChI is InChI=1S/C78H50N4/c1-7-21-51(22-8-1)55-37-43-71(67(45-55)53-25-11-3-12-26-53)79(57-29-15-5-16-30-57)59-39-41-61-63-33-19-35-65-69-50-76-70(49-75(69)81(77(63)65)73(61)47-59)66-36-20-34-64-62-42-40-60(48-74(62)82(76)78(64)66)80(58-31-17-6-18-32-58)72-44-38-56(52-23-9-2-10-24-52)46-68(72)54-27-13-4-14-28-54/h1-50H. The van der Waals surface area contributed by atoms with E-state index in [0.29, 0.717) is 0 Å². The van der Waals surface area contributed by atoms with Crippen LogP contribution in [0.2, 0.25) is 0 Å². The minimum Gasteiger partial charge on any atom is -0.310 e. The molecular weight excluding hydrogens is 993 g/mol. The predicted molar refractivity (Wildman–Crippen MR) is 347 cm³/mol. The van der Waals surface area contributed by atoms with E-state index < -0.39 is 0 Å². The number of para-hydroxylation sites is 4. The molecule has 4 aromatic heterocycles. The second kappa shape index (κ2) is 18.3. The number of anilines is 6. The highest BCUT2D eigenvalue weighted by atomic mass is 15.2. The summed E-state index contributed by atoms with van der Waals surface area (Å²) >= 11 is 0. The monoisotopic (exact) mass is 1040 g/mol. The fraction of sp³-hybridized carbons (Fsp3) is 0. The molecule has 17 rings (SSSR count). The first-order valence-electron chi connectivity index (χ1n) is 28.2. The largest absolute Gasteiger partial charge is 0.310 e. The zero-order chi connectivity index (χ0) is 53.8. The summed E-state index contributed by atoms with van der Waals surface area (Å²) in [4.78, 5) is 4.88. The van der Waals surface area contributed by atoms with Gasteiger partial charge in [0.1, 0.15) is 0 Å². The first kappa shape index (κ1) is 46.0. The topological polar surface area (TPSA) is 15.3 Å². The summed E-state index contributed by atoms with van der Waals surface area (Å²) in [6.07, 6.45) is 0. The number of fused-ring (bicyclic) bond motifs is 12. The van der Waals surface area contributed by atoms with E-state index in [4.69, 9.17) is 0 Å². The third-order valence-electron chi connectivity index (χ3n) is 17.1. The van der Waals surface area contributed by atoms with Crippen molar-refractivity contribution in [1.82, 2.24) is 8.80 Å². The number of benzene rings is 13. The Hall–Kier alpha value is -10.9. The summed E-state index contributed by atoms with van der Waals surface area (Å²) < 4.78 is 5.10. The Morgan fingerprint density at radius 2 is 0.524 bits per heavy atom. The molecule has 0 amide bonds. The van der Waals surface area contributed by atoms with Gasteiger partial charge in [-0.25, -0.2) is 0 Å². The van der Waals surface area contributed by atoms with Gasteiger partial charge in [0.2, 0.25) is 0 Å². The molecule has 0 aliphatic carbocycles. The van der Waals surface area contributed by atoms with E-state index in [1.807, 2.05) is 0 Å². The van der Waals surface area contributed by atoms with Gasteiger partial charge < -0.3 is 18.6 Å². The van der Waals surface area contributed by atoms with E-state index in [-0.39, 0.29) is 0 Å². The Morgan fingerprint density at radius 1 is 0.195 bits per heavy atom. The van der Waals surface area contributed by atoms with Crippen molar-refractivity contribution in [3.05, 3.63) is 303 Å². The Labute approximate surface area is 474 Å². The highest BCUT2D eigenvalue weighted by Gasteiger charge is 2.26. The zero-order valence-corrected chi connectivity index (χ0v) is 44.7. The summed E-state index contributed by atoms with van der Waals surface area (Å²) in [6, 6.07) is 111. The number of hydrogen-bond acceptors (Lipinski definition) is 2. The van der Waals surface area contributed by atoms with E-state index in [1.54, 1.807) is 0 Å². The molecule has 0 unspecified atom stereocenters. The average molecular weight is 1040 g/mol. The third-order valence-corrected chi connectivity index (χ3v) is 17.1. The molecule has 82 heavy (non-hydrogen) atoms. The van der Waals surface area contributed by atoms with Gasteiger partial charge in [-0.1, -0.05) is 218 Å². The van der Waals surface area contributed by atoms with Crippen LogP contribution >= 0.6 is 0 Å². The lowest BCUT2D eigenvalue weighted by Gasteiger charge is -2.28. The molecule has 0 N–H and O–H groups in total. The lowest BCUT2D eigenvalue weighted by atomic mass is 9.96. The van der Waals surface area contributed by atoms with Gasteiger partial charge in [-0.2, -0.15) is 0 Å². The zero-order valence-electron chi connectivity index (χ0n) is 44.7. The smallest absolute Gasteiger partial charge is 0.0620 e. The molecule has 0 bridgehead atoms. The van der Waals surface area contributed by atoms with Crippen LogP contribution in [0.15, 0.2) is 303 Å². The van der Waals surface area contributed by atoms with Crippen molar-refractivity contribution >= 4 is 110 Å². The van der Waals surface area contributed by atoms with Gasteiger partial charge >= 0.3 is 0 Å². The van der Waals surface area contributed by atoms with E-state index in [9.17, 15) is 0 Å². The Kier molecular flexibility index (Phi) is 10.3. The second-order valence-electron chi connectivity index (χ2n) is 21.6. The molecule has 4 heteroatoms. The minimum absolute atomic E-state index is 1.09. The van der Waals surface area contributed by atoms with E-state index >= 15 is 0 Å². The highest BCUT2D eigenvalue weighted by Crippen LogP contribution is 2.50. The van der Waals surface area contributed by atoms with Gasteiger partial charge in [0.25, 0.3) is 0 Å². The van der Waals surface area contributed by atoms with Crippen LogP contribution in [-0.2, 0) is 0 Å². The molecule has 382 valence electrons. The average Bonchev–Trinajstić information content (AvgIpc) is 4.42. The molecule has 0 spiro atoms. The van der Waals surface area contributed by atoms with Crippen LogP contribution in [-0.4, -0.2) is 8.80 Å². The van der Waals surface area contributed by atoms with Crippen LogP contribution in [0.4, 0.5) is 34.1 Å². The second-order valence-corrected chi connectivity index (χ2v) is 21.6. The number of nitrogens with zero attached hydrogens (tertiary/aromatic N) is 4. The Bertz CT molecular complexity index is 4910. The van der Waals surface area contributed by atoms with Gasteiger partial charge in [-0.15, -0.1) is 0 Å². The van der Waals surface area contributed by atoms with Crippen molar-refractivity contribution in [3.63, 3.8) is 0 Å². The third kappa shape index (κ3) is 7.05. The first-order chi connectivity index (χ1) is 40.7. The predicted octanol–water partition coefficient (Wildman–Crippen LogP) is 21.6. The van der Waals surface area contributed by atoms with Gasteiger partial charge in [0.15, 0.2) is 0 Å². The molecule has 0 fully saturated rings. The van der Waals surface area contributed by atoms with Crippen molar-refractivity contribution in [2.24, 2.45) is 0 Å². The molecule has 0 aliphatic rings. The van der Waals surface area contributed by atoms with Crippen molar-refractivity contribution in [3.8, 4) is 44.5 Å². The molecule has 0 atom stereocenters. The first-order valence-corrected chi connectivity index (χ1v) is 28.2. The van der Waals surface area contributed by atoms with E-state index in [2.05, 4.69) is 322 Å². The van der Waals surface area contributed by atoms with Crippen LogP contribution in [0, 0.1) is 0 Å². The van der Waals surface area contributed by atoms with Crippen molar-refractivity contribution in [2.75, 3.05) is 9.80 Å². The van der Waals surface area contributed by atoms with Crippen LogP contribution in [0.1, 0.15) is 0 Å². The number of hydrogen-bond donors (Lipinski definition) is 0. The van der Waals surface area contributed by atoms with Gasteiger partial charge in [-0.3, -0.25) is 0 Å². The Balaban J connectivity index is 0.876. The molecule has 4 nitrogen and oxygen atoms in total. The number of aromatic nitrogens is 2. The summed E-state index contributed by atoms with van der Waals surface area (Å²) in [7, 11) is 0. The minimum atomic E-state index is 1.09. The molecule has 0 saturated carbocycles. The molecule has 0 radical (unpaired) electrons. The maximum atomic E-state index is 2.55. The van der Waals surface area contributed by atoms with Crippen molar-refractivity contribution in [1.29, 1.82) is 0 Å². The van der Waals surface area contributed by atoms with Crippen molar-refractivity contribution < 1.29 is 0 Å².